The van der Waals surface area contributed by atoms with Gasteiger partial charge in [0.05, 0.1) is 5.52 Å². The number of anilines is 2. The van der Waals surface area contributed by atoms with Crippen LogP contribution < -0.4 is 10.2 Å². The minimum absolute atomic E-state index is 0.223. The molecule has 2 rings (SSSR count). The first-order valence-corrected chi connectivity index (χ1v) is 6.56. The quantitative estimate of drug-likeness (QED) is 0.918. The van der Waals surface area contributed by atoms with Gasteiger partial charge in [-0.1, -0.05) is 32.9 Å². The summed E-state index contributed by atoms with van der Waals surface area (Å²) >= 11 is 0. The van der Waals surface area contributed by atoms with Crippen LogP contribution in [0.5, 0.6) is 0 Å². The Morgan fingerprint density at radius 3 is 2.47 bits per heavy atom. The molecule has 4 heteroatoms. The smallest absolute Gasteiger partial charge is 0.224 e. The zero-order chi connectivity index (χ0) is 14.0. The Morgan fingerprint density at radius 1 is 1.16 bits per heavy atom. The molecule has 1 N–H and O–H groups in total. The highest BCUT2D eigenvalue weighted by atomic mass is 15.2. The standard InChI is InChI=1S/C15H22N4/c1-15(2,3)10-19(5)13-11-8-6-7-9-12(11)17-14(16-4)18-13/h6-9H,10H2,1-5H3,(H,16,17,18). The molecule has 0 saturated carbocycles. The molecule has 102 valence electrons. The monoisotopic (exact) mass is 258 g/mol. The molecule has 19 heavy (non-hydrogen) atoms. The van der Waals surface area contributed by atoms with E-state index in [0.29, 0.717) is 5.95 Å². The van der Waals surface area contributed by atoms with Crippen molar-refractivity contribution in [3.8, 4) is 0 Å². The van der Waals surface area contributed by atoms with Crippen LogP contribution in [0, 0.1) is 5.41 Å². The number of aromatic nitrogens is 2. The van der Waals surface area contributed by atoms with E-state index in [1.807, 2.05) is 25.2 Å². The van der Waals surface area contributed by atoms with Crippen molar-refractivity contribution in [2.75, 3.05) is 30.9 Å². The van der Waals surface area contributed by atoms with Crippen molar-refractivity contribution in [3.63, 3.8) is 0 Å². The molecule has 0 amide bonds. The molecule has 0 aliphatic carbocycles. The SMILES string of the molecule is CNc1nc(N(C)CC(C)(C)C)c2ccccc2n1. The molecule has 2 aromatic rings. The summed E-state index contributed by atoms with van der Waals surface area (Å²) in [5, 5.41) is 4.12. The summed E-state index contributed by atoms with van der Waals surface area (Å²) < 4.78 is 0. The molecule has 0 fully saturated rings. The van der Waals surface area contributed by atoms with E-state index in [1.54, 1.807) is 0 Å². The number of nitrogens with one attached hydrogen (secondary N) is 1. The third kappa shape index (κ3) is 3.13. The van der Waals surface area contributed by atoms with Gasteiger partial charge >= 0.3 is 0 Å². The van der Waals surface area contributed by atoms with Gasteiger partial charge in [0.2, 0.25) is 5.95 Å². The van der Waals surface area contributed by atoms with E-state index in [4.69, 9.17) is 0 Å². The molecule has 0 bridgehead atoms. The number of para-hydroxylation sites is 1. The normalized spacial score (nSPS) is 11.6. The van der Waals surface area contributed by atoms with Gasteiger partial charge in [-0.3, -0.25) is 0 Å². The molecule has 1 aromatic carbocycles. The average Bonchev–Trinajstić information content (AvgIpc) is 2.35. The molecule has 1 heterocycles. The summed E-state index contributed by atoms with van der Waals surface area (Å²) in [5.41, 5.74) is 1.19. The lowest BCUT2D eigenvalue weighted by Gasteiger charge is -2.28. The summed E-state index contributed by atoms with van der Waals surface area (Å²) in [6.45, 7) is 7.63. The van der Waals surface area contributed by atoms with Crippen LogP contribution >= 0.6 is 0 Å². The summed E-state index contributed by atoms with van der Waals surface area (Å²) in [5.74, 6) is 1.64. The molecule has 4 nitrogen and oxygen atoms in total. The van der Waals surface area contributed by atoms with Crippen LogP contribution in [0.4, 0.5) is 11.8 Å². The van der Waals surface area contributed by atoms with E-state index in [0.717, 1.165) is 23.3 Å². The number of hydrogen-bond acceptors (Lipinski definition) is 4. The van der Waals surface area contributed by atoms with Gasteiger partial charge in [-0.15, -0.1) is 0 Å². The zero-order valence-electron chi connectivity index (χ0n) is 12.4. The lowest BCUT2D eigenvalue weighted by Crippen LogP contribution is -2.30. The predicted molar refractivity (Wildman–Crippen MR) is 81.8 cm³/mol. The number of fused-ring (bicyclic) bond motifs is 1. The highest BCUT2D eigenvalue weighted by molar-refractivity contribution is 5.90. The van der Waals surface area contributed by atoms with Crippen LogP contribution in [-0.2, 0) is 0 Å². The van der Waals surface area contributed by atoms with Crippen LogP contribution in [-0.4, -0.2) is 30.6 Å². The molecular weight excluding hydrogens is 236 g/mol. The van der Waals surface area contributed by atoms with Crippen molar-refractivity contribution in [3.05, 3.63) is 24.3 Å². The van der Waals surface area contributed by atoms with Crippen LogP contribution in [0.2, 0.25) is 0 Å². The Labute approximate surface area is 114 Å². The largest absolute Gasteiger partial charge is 0.358 e. The van der Waals surface area contributed by atoms with Crippen LogP contribution in [0.15, 0.2) is 24.3 Å². The molecule has 0 atom stereocenters. The second-order valence-corrected chi connectivity index (χ2v) is 6.05. The molecule has 0 spiro atoms. The molecule has 0 aliphatic heterocycles. The van der Waals surface area contributed by atoms with E-state index in [1.165, 1.54) is 0 Å². The van der Waals surface area contributed by atoms with Crippen molar-refractivity contribution in [2.24, 2.45) is 5.41 Å². The molecular formula is C15H22N4. The minimum Gasteiger partial charge on any atom is -0.358 e. The topological polar surface area (TPSA) is 41.1 Å². The lowest BCUT2D eigenvalue weighted by molar-refractivity contribution is 0.418. The van der Waals surface area contributed by atoms with Gasteiger partial charge in [0.15, 0.2) is 0 Å². The Bertz CT molecular complexity index is 572. The predicted octanol–water partition coefficient (Wildman–Crippen LogP) is 3.15. The fourth-order valence-electron chi connectivity index (χ4n) is 2.25. The molecule has 0 unspecified atom stereocenters. The summed E-state index contributed by atoms with van der Waals surface area (Å²) in [6, 6.07) is 8.12. The summed E-state index contributed by atoms with van der Waals surface area (Å²) in [7, 11) is 3.93. The third-order valence-electron chi connectivity index (χ3n) is 2.88. The molecule has 0 aliphatic rings. The summed E-state index contributed by atoms with van der Waals surface area (Å²) in [6.07, 6.45) is 0. The number of rotatable bonds is 3. The van der Waals surface area contributed by atoms with Crippen LogP contribution in [0.1, 0.15) is 20.8 Å². The summed E-state index contributed by atoms with van der Waals surface area (Å²) in [4.78, 5) is 11.3. The lowest BCUT2D eigenvalue weighted by atomic mass is 9.96. The number of hydrogen-bond donors (Lipinski definition) is 1. The first-order valence-electron chi connectivity index (χ1n) is 6.56. The van der Waals surface area contributed by atoms with Gasteiger partial charge in [-0.2, -0.15) is 4.98 Å². The van der Waals surface area contributed by atoms with Gasteiger partial charge in [-0.25, -0.2) is 4.98 Å². The van der Waals surface area contributed by atoms with Crippen LogP contribution in [0.3, 0.4) is 0 Å². The highest BCUT2D eigenvalue weighted by Gasteiger charge is 2.17. The van der Waals surface area contributed by atoms with E-state index >= 15 is 0 Å². The maximum atomic E-state index is 4.61. The molecule has 1 aromatic heterocycles. The number of benzene rings is 1. The third-order valence-corrected chi connectivity index (χ3v) is 2.88. The highest BCUT2D eigenvalue weighted by Crippen LogP contribution is 2.26. The van der Waals surface area contributed by atoms with Gasteiger partial charge in [0.1, 0.15) is 5.82 Å². The van der Waals surface area contributed by atoms with Crippen molar-refractivity contribution in [1.29, 1.82) is 0 Å². The second-order valence-electron chi connectivity index (χ2n) is 6.05. The maximum absolute atomic E-state index is 4.61. The maximum Gasteiger partial charge on any atom is 0.224 e. The van der Waals surface area contributed by atoms with Gasteiger partial charge in [0, 0.05) is 26.0 Å². The van der Waals surface area contributed by atoms with E-state index < -0.39 is 0 Å². The van der Waals surface area contributed by atoms with Gasteiger partial charge in [-0.05, 0) is 17.5 Å². The number of nitrogens with zero attached hydrogens (tertiary/aromatic N) is 3. The average molecular weight is 258 g/mol. The van der Waals surface area contributed by atoms with Crippen molar-refractivity contribution in [2.45, 2.75) is 20.8 Å². The Kier molecular flexibility index (Phi) is 3.60. The Morgan fingerprint density at radius 2 is 1.84 bits per heavy atom. The first kappa shape index (κ1) is 13.6. The van der Waals surface area contributed by atoms with Crippen molar-refractivity contribution >= 4 is 22.7 Å². The first-order chi connectivity index (χ1) is 8.90. The van der Waals surface area contributed by atoms with E-state index in [9.17, 15) is 0 Å². The fraction of sp³-hybridized carbons (Fsp3) is 0.467. The fourth-order valence-corrected chi connectivity index (χ4v) is 2.25. The Balaban J connectivity index is 2.51. The van der Waals surface area contributed by atoms with Crippen LogP contribution in [0.25, 0.3) is 10.9 Å². The van der Waals surface area contributed by atoms with Crippen molar-refractivity contribution < 1.29 is 0 Å². The second kappa shape index (κ2) is 5.03. The minimum atomic E-state index is 0.223. The van der Waals surface area contributed by atoms with E-state index in [-0.39, 0.29) is 5.41 Å². The van der Waals surface area contributed by atoms with Crippen molar-refractivity contribution in [1.82, 2.24) is 9.97 Å². The van der Waals surface area contributed by atoms with Gasteiger partial charge < -0.3 is 10.2 Å². The zero-order valence-corrected chi connectivity index (χ0v) is 12.4. The van der Waals surface area contributed by atoms with E-state index in [2.05, 4.69) is 54.1 Å². The van der Waals surface area contributed by atoms with Gasteiger partial charge in [0.25, 0.3) is 0 Å². The Hall–Kier alpha value is -1.84. The molecule has 0 saturated heterocycles. The molecule has 0 radical (unpaired) electrons.